The van der Waals surface area contributed by atoms with Crippen molar-refractivity contribution in [3.05, 3.63) is 160 Å². The summed E-state index contributed by atoms with van der Waals surface area (Å²) in [4.78, 5) is 43.9. The Labute approximate surface area is 660 Å². The molecule has 2 unspecified atom stereocenters. The van der Waals surface area contributed by atoms with Crippen molar-refractivity contribution in [1.29, 1.82) is 0 Å². The molecule has 17 nitrogen and oxygen atoms in total. The molecule has 10 rings (SSSR count). The molecule has 1 aromatic heterocycles. The van der Waals surface area contributed by atoms with Gasteiger partial charge in [0.1, 0.15) is 4.90 Å². The summed E-state index contributed by atoms with van der Waals surface area (Å²) >= 11 is 9.34. The van der Waals surface area contributed by atoms with Gasteiger partial charge < -0.3 is 35.8 Å². The second-order valence-electron chi connectivity index (χ2n) is 32.3. The summed E-state index contributed by atoms with van der Waals surface area (Å²) in [6.45, 7) is 28.1. The maximum Gasteiger partial charge on any atom is 0.501 e. The van der Waals surface area contributed by atoms with Crippen molar-refractivity contribution in [1.82, 2.24) is 39.9 Å². The molecule has 6 atom stereocenters. The quantitative estimate of drug-likeness (QED) is 0.0182. The Balaban J connectivity index is 0.656. The maximum atomic E-state index is 14.6. The summed E-state index contributed by atoms with van der Waals surface area (Å²) in [5.74, 6) is -0.690. The van der Waals surface area contributed by atoms with Crippen LogP contribution < -0.4 is 25.6 Å². The zero-order valence-corrected chi connectivity index (χ0v) is 69.0. The molecule has 2 amide bonds. The van der Waals surface area contributed by atoms with E-state index in [1.54, 1.807) is 23.5 Å². The number of hydrogen-bond donors (Lipinski definition) is 5. The third-order valence-corrected chi connectivity index (χ3v) is 27.7. The molecule has 109 heavy (non-hydrogen) atoms. The van der Waals surface area contributed by atoms with Crippen molar-refractivity contribution >= 4 is 83.3 Å². The molecule has 4 aliphatic rings. The number of β-amino-alcohol motifs (C(OH)–C–C–N with tert-alkyl or cyclic N) is 1. The van der Waals surface area contributed by atoms with E-state index in [1.165, 1.54) is 59.9 Å². The minimum absolute atomic E-state index is 0.00433. The van der Waals surface area contributed by atoms with E-state index in [0.717, 1.165) is 187 Å². The van der Waals surface area contributed by atoms with Crippen molar-refractivity contribution < 1.29 is 44.7 Å². The molecule has 0 bridgehead atoms. The fourth-order valence-electron chi connectivity index (χ4n) is 15.8. The fraction of sp³-hybridized carbons (Fsp3) is 0.560. The molecule has 3 aliphatic heterocycles. The number of thiazole rings is 1. The summed E-state index contributed by atoms with van der Waals surface area (Å²) in [6.07, 6.45) is 15.4. The minimum Gasteiger partial charge on any atom is -0.392 e. The van der Waals surface area contributed by atoms with Crippen LogP contribution in [0.2, 0.25) is 5.02 Å². The summed E-state index contributed by atoms with van der Waals surface area (Å²) in [5.41, 5.74) is 3.95. The van der Waals surface area contributed by atoms with E-state index >= 15 is 0 Å². The number of thioether (sulfide) groups is 1. The number of rotatable bonds is 37. The number of sulfone groups is 1. The van der Waals surface area contributed by atoms with Crippen LogP contribution in [0.1, 0.15) is 184 Å². The Kier molecular flexibility index (Phi) is 30.8. The lowest BCUT2D eigenvalue weighted by Gasteiger charge is -2.39. The van der Waals surface area contributed by atoms with Crippen molar-refractivity contribution in [2.24, 2.45) is 10.8 Å². The molecule has 596 valence electrons. The van der Waals surface area contributed by atoms with E-state index < -0.39 is 64.9 Å². The third-order valence-electron chi connectivity index (χ3n) is 22.4. The molecule has 6 aromatic rings. The number of allylic oxidation sites excluding steroid dienone is 1. The highest BCUT2D eigenvalue weighted by Gasteiger charge is 2.49. The molecule has 5 N–H and O–H groups in total. The van der Waals surface area contributed by atoms with Crippen LogP contribution >= 0.6 is 34.7 Å². The summed E-state index contributed by atoms with van der Waals surface area (Å²) in [6, 6.07) is 34.2. The fourth-order valence-corrected chi connectivity index (χ4v) is 19.7. The van der Waals surface area contributed by atoms with Crippen molar-refractivity contribution in [3.63, 3.8) is 0 Å². The predicted octanol–water partition coefficient (Wildman–Crippen LogP) is 16.5. The number of hydrogen-bond acceptors (Lipinski definition) is 17. The van der Waals surface area contributed by atoms with Gasteiger partial charge >= 0.3 is 5.51 Å². The number of benzene rings is 5. The first-order chi connectivity index (χ1) is 51.9. The first-order valence-corrected chi connectivity index (χ1v) is 44.6. The highest BCUT2D eigenvalue weighted by Crippen LogP contribution is 2.44. The predicted molar refractivity (Wildman–Crippen MR) is 439 cm³/mol. The van der Waals surface area contributed by atoms with Gasteiger partial charge in [-0.1, -0.05) is 158 Å². The highest BCUT2D eigenvalue weighted by molar-refractivity contribution is 7.99. The number of aliphatic hydroxyl groups is 1. The maximum absolute atomic E-state index is 14.6. The lowest BCUT2D eigenvalue weighted by Crippen LogP contribution is -2.52. The van der Waals surface area contributed by atoms with Gasteiger partial charge in [0.15, 0.2) is 0 Å². The molecule has 0 saturated carbocycles. The van der Waals surface area contributed by atoms with Crippen LogP contribution in [0.3, 0.4) is 0 Å². The molecule has 25 heteroatoms. The first-order valence-electron chi connectivity index (χ1n) is 39.4. The van der Waals surface area contributed by atoms with Gasteiger partial charge in [0.25, 0.3) is 25.8 Å². The van der Waals surface area contributed by atoms with Crippen LogP contribution in [-0.2, 0) is 24.7 Å². The Bertz CT molecular complexity index is 4170. The Morgan fingerprint density at radius 3 is 2.06 bits per heavy atom. The van der Waals surface area contributed by atoms with Crippen LogP contribution in [0, 0.1) is 17.8 Å². The normalized spacial score (nSPS) is 19.2. The number of anilines is 2. The summed E-state index contributed by atoms with van der Waals surface area (Å²) in [5, 5.41) is 22.2. The number of amides is 2. The zero-order chi connectivity index (χ0) is 78.1. The van der Waals surface area contributed by atoms with Gasteiger partial charge in [-0.3, -0.25) is 19.4 Å². The number of unbranched alkanes of at least 4 members (excludes halogenated alkanes) is 7. The summed E-state index contributed by atoms with van der Waals surface area (Å²) in [7, 11) is -11.0. The number of aryl methyl sites for hydroxylation is 1. The molecule has 3 fully saturated rings. The SMILES string of the molecule is CCCC[C@@H](CC(NCCCCCCCCCN1CCN(CCC(CSc2ccccc2)Nc2ccc(S(=O)(=O)NC(=O)c3ccc(N4CCN(CC5=C(c6ccc(Cl)cc6)CCC(C)(C)C5)CC4)cc3)cc2S(=O)(=O)C(F)(F)F)CC1)C(C)(C)C)N1C[C@H](O)C[C@H]1C(=O)N[C@@H](C)c1ccc(-c2scnc2C)cc1. The van der Waals surface area contributed by atoms with Crippen LogP contribution in [0.4, 0.5) is 24.5 Å². The Morgan fingerprint density at radius 1 is 0.771 bits per heavy atom. The van der Waals surface area contributed by atoms with Gasteiger partial charge in [-0.25, -0.2) is 26.5 Å². The molecule has 1 aliphatic carbocycles. The van der Waals surface area contributed by atoms with Crippen LogP contribution in [-0.4, -0.2) is 185 Å². The molecule has 5 aromatic carbocycles. The Hall–Kier alpha value is -5.90. The highest BCUT2D eigenvalue weighted by atomic mass is 35.5. The topological polar surface area (TPSA) is 200 Å². The molecule has 4 heterocycles. The first kappa shape index (κ1) is 85.5. The third kappa shape index (κ3) is 24.3. The lowest BCUT2D eigenvalue weighted by molar-refractivity contribution is -0.127. The smallest absolute Gasteiger partial charge is 0.392 e. The zero-order valence-electron chi connectivity index (χ0n) is 65.0. The van der Waals surface area contributed by atoms with Crippen molar-refractivity contribution in [2.45, 2.75) is 215 Å². The van der Waals surface area contributed by atoms with E-state index in [9.17, 15) is 44.7 Å². The van der Waals surface area contributed by atoms with E-state index in [0.29, 0.717) is 42.8 Å². The van der Waals surface area contributed by atoms with Crippen molar-refractivity contribution in [2.75, 3.05) is 101 Å². The average molecular weight is 1600 g/mol. The number of carbonyl (C=O) groups is 2. The summed E-state index contributed by atoms with van der Waals surface area (Å²) < 4.78 is 101. The molecular formula is C84H116ClF3N10O7S4. The average Bonchev–Trinajstić information content (AvgIpc) is 1.37. The number of halogens is 4. The van der Waals surface area contributed by atoms with Gasteiger partial charge in [0, 0.05) is 117 Å². The van der Waals surface area contributed by atoms with Gasteiger partial charge in [0.2, 0.25) is 5.91 Å². The minimum atomic E-state index is -6.11. The van der Waals surface area contributed by atoms with E-state index in [1.807, 2.05) is 66.5 Å². The van der Waals surface area contributed by atoms with Crippen LogP contribution in [0.5, 0.6) is 0 Å². The number of likely N-dealkylation sites (tertiary alicyclic amines) is 1. The molecule has 0 radical (unpaired) electrons. The number of sulfonamides is 1. The van der Waals surface area contributed by atoms with Crippen LogP contribution in [0.25, 0.3) is 16.0 Å². The number of piperazine rings is 2. The standard InChI is InChI=1S/C84H116ClF3N10O7S4/c1-9-10-21-70(98-57-71(99)53-76(98)81(101)91-60(2)62-24-26-64(27-25-62)79-61(3)90-59-107-79)52-78(82(4,5)6)89-41-19-14-12-11-13-15-20-42-94-44-46-95(47-45-94)43-39-68(58-106-72-22-17-16-18-23-72)92-75-37-36-73(54-77(75)108(102,103)84(86,87)88)109(104,105)93-80(100)65-30-34-69(35-31-65)97-50-48-96(49-51-97)56-66-55-83(7,8)40-38-74(66)63-28-32-67(85)33-29-63/h16-18,22-37,54,59-60,68,70-71,76,78,89,92,99H,9-15,19-21,38-53,55-58H2,1-8H3,(H,91,101)(H,93,100)/t60-,68?,70-,71+,76-,78?/m0/s1. The van der Waals surface area contributed by atoms with Crippen LogP contribution in [0.15, 0.2) is 147 Å². The lowest BCUT2D eigenvalue weighted by atomic mass is 9.73. The van der Waals surface area contributed by atoms with E-state index in [-0.39, 0.29) is 40.4 Å². The number of aromatic nitrogens is 1. The number of nitrogens with one attached hydrogen (secondary N) is 4. The number of alkyl halides is 3. The Morgan fingerprint density at radius 2 is 1.41 bits per heavy atom. The number of nitrogens with zero attached hydrogens (tertiary/aromatic N) is 6. The van der Waals surface area contributed by atoms with Gasteiger partial charge in [-0.15, -0.1) is 23.1 Å². The largest absolute Gasteiger partial charge is 0.501 e. The monoisotopic (exact) mass is 1600 g/mol. The van der Waals surface area contributed by atoms with E-state index in [2.05, 4.69) is 123 Å². The second-order valence-corrected chi connectivity index (χ2v) is 38.3. The number of carbonyl (C=O) groups excluding carboxylic acids is 2. The molecular weight excluding hydrogens is 1480 g/mol. The second kappa shape index (κ2) is 39.2. The van der Waals surface area contributed by atoms with Crippen molar-refractivity contribution in [3.8, 4) is 10.4 Å². The van der Waals surface area contributed by atoms with Gasteiger partial charge in [0.05, 0.1) is 44.9 Å². The molecule has 0 spiro atoms. The van der Waals surface area contributed by atoms with E-state index in [4.69, 9.17) is 11.6 Å². The van der Waals surface area contributed by atoms with Gasteiger partial charge in [-0.2, -0.15) is 13.2 Å². The number of aliphatic hydroxyl groups excluding tert-OH is 1. The van der Waals surface area contributed by atoms with Gasteiger partial charge in [-0.05, 0) is 185 Å². The molecule has 3 saturated heterocycles.